The number of rotatable bonds is 4. The van der Waals surface area contributed by atoms with Crippen LogP contribution in [0.2, 0.25) is 0 Å². The Morgan fingerprint density at radius 2 is 1.83 bits per heavy atom. The maximum atomic E-state index is 12.3. The summed E-state index contributed by atoms with van der Waals surface area (Å²) in [5.41, 5.74) is 7.81. The van der Waals surface area contributed by atoms with Crippen LogP contribution in [0.15, 0.2) is 59.1 Å². The minimum Gasteiger partial charge on any atom is -0.382 e. The van der Waals surface area contributed by atoms with E-state index in [0.29, 0.717) is 12.2 Å². The minimum absolute atomic E-state index is 0.115. The topological polar surface area (TPSA) is 85.8 Å². The summed E-state index contributed by atoms with van der Waals surface area (Å²) in [4.78, 5) is 12.3. The molecule has 0 bridgehead atoms. The SMILES string of the molecule is Nc1c(C(=O)Nc2ccc(Br)cc2)nnn1Cc1ccccc1. The van der Waals surface area contributed by atoms with Gasteiger partial charge in [-0.1, -0.05) is 51.5 Å². The lowest BCUT2D eigenvalue weighted by molar-refractivity contribution is 0.102. The largest absolute Gasteiger partial charge is 0.382 e. The van der Waals surface area contributed by atoms with Gasteiger partial charge in [0.1, 0.15) is 0 Å². The molecule has 7 heteroatoms. The van der Waals surface area contributed by atoms with Crippen molar-refractivity contribution >= 4 is 33.3 Å². The average Bonchev–Trinajstić information content (AvgIpc) is 2.92. The third-order valence-electron chi connectivity index (χ3n) is 3.27. The van der Waals surface area contributed by atoms with E-state index in [-0.39, 0.29) is 17.4 Å². The summed E-state index contributed by atoms with van der Waals surface area (Å²) >= 11 is 3.34. The van der Waals surface area contributed by atoms with Crippen LogP contribution in [0.25, 0.3) is 0 Å². The van der Waals surface area contributed by atoms with Gasteiger partial charge in [0, 0.05) is 10.2 Å². The van der Waals surface area contributed by atoms with Gasteiger partial charge in [-0.15, -0.1) is 5.10 Å². The van der Waals surface area contributed by atoms with E-state index in [1.54, 1.807) is 12.1 Å². The first-order chi connectivity index (χ1) is 11.1. The molecule has 0 aliphatic rings. The summed E-state index contributed by atoms with van der Waals surface area (Å²) in [6.07, 6.45) is 0. The molecule has 0 spiro atoms. The molecule has 1 amide bonds. The second-order valence-corrected chi connectivity index (χ2v) is 5.84. The van der Waals surface area contributed by atoms with Crippen LogP contribution in [0, 0.1) is 0 Å². The molecule has 0 aliphatic carbocycles. The van der Waals surface area contributed by atoms with Crippen molar-refractivity contribution in [3.8, 4) is 0 Å². The molecule has 0 unspecified atom stereocenters. The monoisotopic (exact) mass is 371 g/mol. The van der Waals surface area contributed by atoms with Gasteiger partial charge in [0.2, 0.25) is 0 Å². The van der Waals surface area contributed by atoms with Crippen LogP contribution >= 0.6 is 15.9 Å². The molecule has 0 fully saturated rings. The number of benzene rings is 2. The summed E-state index contributed by atoms with van der Waals surface area (Å²) < 4.78 is 2.44. The Morgan fingerprint density at radius 3 is 2.52 bits per heavy atom. The number of carbonyl (C=O) groups is 1. The van der Waals surface area contributed by atoms with E-state index >= 15 is 0 Å². The van der Waals surface area contributed by atoms with Crippen LogP contribution < -0.4 is 11.1 Å². The van der Waals surface area contributed by atoms with Gasteiger partial charge in [-0.3, -0.25) is 4.79 Å². The van der Waals surface area contributed by atoms with Crippen LogP contribution in [0.5, 0.6) is 0 Å². The molecule has 23 heavy (non-hydrogen) atoms. The van der Waals surface area contributed by atoms with Crippen molar-refractivity contribution in [2.45, 2.75) is 6.54 Å². The first-order valence-corrected chi connectivity index (χ1v) is 7.72. The summed E-state index contributed by atoms with van der Waals surface area (Å²) in [6, 6.07) is 17.0. The summed E-state index contributed by atoms with van der Waals surface area (Å²) in [5.74, 6) is -0.146. The van der Waals surface area contributed by atoms with Gasteiger partial charge in [-0.05, 0) is 29.8 Å². The highest BCUT2D eigenvalue weighted by molar-refractivity contribution is 9.10. The van der Waals surface area contributed by atoms with Crippen LogP contribution in [0.1, 0.15) is 16.1 Å². The van der Waals surface area contributed by atoms with E-state index in [1.165, 1.54) is 4.68 Å². The number of carbonyl (C=O) groups excluding carboxylic acids is 1. The number of hydrogen-bond donors (Lipinski definition) is 2. The summed E-state index contributed by atoms with van der Waals surface area (Å²) in [7, 11) is 0. The number of halogens is 1. The van der Waals surface area contributed by atoms with E-state index in [0.717, 1.165) is 10.0 Å². The fraction of sp³-hybridized carbons (Fsp3) is 0.0625. The highest BCUT2D eigenvalue weighted by Crippen LogP contribution is 2.16. The Labute approximate surface area is 141 Å². The first-order valence-electron chi connectivity index (χ1n) is 6.93. The number of nitrogen functional groups attached to an aromatic ring is 1. The van der Waals surface area contributed by atoms with E-state index in [2.05, 4.69) is 31.6 Å². The van der Waals surface area contributed by atoms with Crippen molar-refractivity contribution < 1.29 is 4.79 Å². The Kier molecular flexibility index (Phi) is 4.38. The Balaban J connectivity index is 1.75. The minimum atomic E-state index is -0.385. The molecule has 0 atom stereocenters. The number of amides is 1. The van der Waals surface area contributed by atoms with E-state index in [4.69, 9.17) is 5.73 Å². The molecule has 116 valence electrons. The molecular weight excluding hydrogens is 358 g/mol. The third kappa shape index (κ3) is 3.57. The zero-order chi connectivity index (χ0) is 16.2. The Morgan fingerprint density at radius 1 is 1.13 bits per heavy atom. The summed E-state index contributed by atoms with van der Waals surface area (Å²) in [5, 5.41) is 10.6. The molecule has 1 aromatic heterocycles. The number of nitrogens with two attached hydrogens (primary N) is 1. The van der Waals surface area contributed by atoms with Gasteiger partial charge in [0.25, 0.3) is 5.91 Å². The highest BCUT2D eigenvalue weighted by Gasteiger charge is 2.17. The fourth-order valence-electron chi connectivity index (χ4n) is 2.08. The number of nitrogens with zero attached hydrogens (tertiary/aromatic N) is 3. The van der Waals surface area contributed by atoms with Gasteiger partial charge in [-0.2, -0.15) is 0 Å². The van der Waals surface area contributed by atoms with Gasteiger partial charge in [-0.25, -0.2) is 4.68 Å². The number of anilines is 2. The average molecular weight is 372 g/mol. The maximum absolute atomic E-state index is 12.3. The maximum Gasteiger partial charge on any atom is 0.280 e. The molecule has 3 N–H and O–H groups in total. The van der Waals surface area contributed by atoms with Crippen LogP contribution in [-0.4, -0.2) is 20.9 Å². The molecule has 3 aromatic rings. The zero-order valence-corrected chi connectivity index (χ0v) is 13.7. The molecule has 0 aliphatic heterocycles. The Hall–Kier alpha value is -2.67. The predicted molar refractivity (Wildman–Crippen MR) is 92.1 cm³/mol. The lowest BCUT2D eigenvalue weighted by Gasteiger charge is -2.05. The molecule has 0 saturated heterocycles. The van der Waals surface area contributed by atoms with E-state index in [1.807, 2.05) is 42.5 Å². The smallest absolute Gasteiger partial charge is 0.280 e. The van der Waals surface area contributed by atoms with Gasteiger partial charge < -0.3 is 11.1 Å². The number of hydrogen-bond acceptors (Lipinski definition) is 4. The first kappa shape index (κ1) is 15.2. The molecule has 3 rings (SSSR count). The predicted octanol–water partition coefficient (Wildman–Crippen LogP) is 2.92. The quantitative estimate of drug-likeness (QED) is 0.738. The molecular formula is C16H14BrN5O. The normalized spacial score (nSPS) is 10.5. The zero-order valence-electron chi connectivity index (χ0n) is 12.1. The molecule has 2 aromatic carbocycles. The second kappa shape index (κ2) is 6.62. The fourth-order valence-corrected chi connectivity index (χ4v) is 2.34. The van der Waals surface area contributed by atoms with Crippen molar-refractivity contribution in [3.63, 3.8) is 0 Å². The van der Waals surface area contributed by atoms with E-state index in [9.17, 15) is 4.79 Å². The molecule has 6 nitrogen and oxygen atoms in total. The highest BCUT2D eigenvalue weighted by atomic mass is 79.9. The van der Waals surface area contributed by atoms with Crippen molar-refractivity contribution in [2.75, 3.05) is 11.1 Å². The molecule has 0 radical (unpaired) electrons. The van der Waals surface area contributed by atoms with Crippen molar-refractivity contribution in [1.82, 2.24) is 15.0 Å². The van der Waals surface area contributed by atoms with Crippen molar-refractivity contribution in [2.24, 2.45) is 0 Å². The van der Waals surface area contributed by atoms with Crippen LogP contribution in [-0.2, 0) is 6.54 Å². The molecule has 0 saturated carbocycles. The van der Waals surface area contributed by atoms with Crippen molar-refractivity contribution in [3.05, 3.63) is 70.3 Å². The number of aromatic nitrogens is 3. The standard InChI is InChI=1S/C16H14BrN5O/c17-12-6-8-13(9-7-12)19-16(23)14-15(18)22(21-20-14)10-11-4-2-1-3-5-11/h1-9H,10,18H2,(H,19,23). The lowest BCUT2D eigenvalue weighted by atomic mass is 10.2. The van der Waals surface area contributed by atoms with Gasteiger partial charge in [0.05, 0.1) is 6.54 Å². The van der Waals surface area contributed by atoms with Gasteiger partial charge in [0.15, 0.2) is 11.5 Å². The van der Waals surface area contributed by atoms with Gasteiger partial charge >= 0.3 is 0 Å². The van der Waals surface area contributed by atoms with Crippen molar-refractivity contribution in [1.29, 1.82) is 0 Å². The van der Waals surface area contributed by atoms with E-state index < -0.39 is 0 Å². The van der Waals surface area contributed by atoms with Crippen LogP contribution in [0.3, 0.4) is 0 Å². The summed E-state index contributed by atoms with van der Waals surface area (Å²) in [6.45, 7) is 0.464. The Bertz CT molecular complexity index is 814. The lowest BCUT2D eigenvalue weighted by Crippen LogP contribution is -2.15. The third-order valence-corrected chi connectivity index (χ3v) is 3.79. The second-order valence-electron chi connectivity index (χ2n) is 4.93. The molecule has 1 heterocycles. The van der Waals surface area contributed by atoms with Crippen LogP contribution in [0.4, 0.5) is 11.5 Å². The number of nitrogens with one attached hydrogen (secondary N) is 1.